The number of benzene rings is 1. The van der Waals surface area contributed by atoms with Gasteiger partial charge in [0.05, 0.1) is 5.02 Å². The minimum Gasteiger partial charge on any atom is -0.367 e. The predicted molar refractivity (Wildman–Crippen MR) is 82.8 cm³/mol. The van der Waals surface area contributed by atoms with E-state index in [4.69, 9.17) is 11.6 Å². The molecular weight excluding hydrogens is 328 g/mol. The van der Waals surface area contributed by atoms with Crippen LogP contribution >= 0.6 is 11.6 Å². The number of amides is 1. The summed E-state index contributed by atoms with van der Waals surface area (Å²) >= 11 is 6.00. The van der Waals surface area contributed by atoms with E-state index >= 15 is 0 Å². The molecule has 22 heavy (non-hydrogen) atoms. The largest absolute Gasteiger partial charge is 0.367 e. The first-order chi connectivity index (χ1) is 10.2. The molecule has 1 fully saturated rings. The van der Waals surface area contributed by atoms with Crippen LogP contribution in [0.3, 0.4) is 0 Å². The molecule has 0 radical (unpaired) electrons. The summed E-state index contributed by atoms with van der Waals surface area (Å²) in [5, 5.41) is 10.8. The number of likely N-dealkylation sites (tertiary alicyclic amines) is 1. The number of carbonyl (C=O) groups is 1. The van der Waals surface area contributed by atoms with Gasteiger partial charge in [-0.1, -0.05) is 24.6 Å². The number of carbonyl (C=O) groups excluding carboxylic acids is 1. The minimum absolute atomic E-state index is 0.0722. The SMILES string of the molecule is CCCNS(=O)(=O)c1cc(C2(O)CCC(=O)N2C)ccc1Cl. The Morgan fingerprint density at radius 2 is 2.14 bits per heavy atom. The molecule has 1 aromatic rings. The van der Waals surface area contributed by atoms with Gasteiger partial charge in [-0.3, -0.25) is 4.79 Å². The summed E-state index contributed by atoms with van der Waals surface area (Å²) in [5.41, 5.74) is -1.17. The molecule has 0 spiro atoms. The number of halogens is 1. The molecule has 1 aliphatic heterocycles. The summed E-state index contributed by atoms with van der Waals surface area (Å²) in [5.74, 6) is -0.189. The van der Waals surface area contributed by atoms with Gasteiger partial charge >= 0.3 is 0 Å². The first kappa shape index (κ1) is 17.2. The Morgan fingerprint density at radius 1 is 1.45 bits per heavy atom. The summed E-state index contributed by atoms with van der Waals surface area (Å²) in [6, 6.07) is 4.29. The maximum atomic E-state index is 12.3. The van der Waals surface area contributed by atoms with Crippen LogP contribution in [0.1, 0.15) is 31.7 Å². The van der Waals surface area contributed by atoms with Gasteiger partial charge in [-0.05, 0) is 18.6 Å². The Hall–Kier alpha value is -1.15. The lowest BCUT2D eigenvalue weighted by Gasteiger charge is -2.31. The fraction of sp³-hybridized carbons (Fsp3) is 0.500. The second-order valence-electron chi connectivity index (χ2n) is 5.31. The van der Waals surface area contributed by atoms with E-state index < -0.39 is 15.7 Å². The molecule has 1 aliphatic rings. The van der Waals surface area contributed by atoms with Crippen molar-refractivity contribution in [2.24, 2.45) is 0 Å². The van der Waals surface area contributed by atoms with E-state index in [0.717, 1.165) is 0 Å². The lowest BCUT2D eigenvalue weighted by molar-refractivity contribution is -0.142. The molecule has 2 N–H and O–H groups in total. The highest BCUT2D eigenvalue weighted by Crippen LogP contribution is 2.37. The monoisotopic (exact) mass is 346 g/mol. The van der Waals surface area contributed by atoms with Gasteiger partial charge in [0.1, 0.15) is 4.90 Å². The molecule has 1 atom stereocenters. The van der Waals surface area contributed by atoms with Crippen LogP contribution in [-0.2, 0) is 20.5 Å². The van der Waals surface area contributed by atoms with E-state index in [1.807, 2.05) is 6.92 Å². The topological polar surface area (TPSA) is 86.7 Å². The Bertz CT molecular complexity index is 692. The number of aliphatic hydroxyl groups is 1. The number of hydrogen-bond donors (Lipinski definition) is 2. The molecule has 1 unspecified atom stereocenters. The number of hydrogen-bond acceptors (Lipinski definition) is 4. The van der Waals surface area contributed by atoms with Crippen molar-refractivity contribution in [3.63, 3.8) is 0 Å². The van der Waals surface area contributed by atoms with Crippen LogP contribution in [-0.4, -0.2) is 37.9 Å². The summed E-state index contributed by atoms with van der Waals surface area (Å²) in [6.45, 7) is 2.15. The van der Waals surface area contributed by atoms with Gasteiger partial charge in [0.15, 0.2) is 5.72 Å². The fourth-order valence-corrected chi connectivity index (χ4v) is 4.09. The molecule has 1 aromatic carbocycles. The molecule has 1 amide bonds. The average molecular weight is 347 g/mol. The maximum absolute atomic E-state index is 12.3. The average Bonchev–Trinajstić information content (AvgIpc) is 2.74. The van der Waals surface area contributed by atoms with Crippen molar-refractivity contribution in [1.29, 1.82) is 0 Å². The van der Waals surface area contributed by atoms with Crippen molar-refractivity contribution >= 4 is 27.5 Å². The fourth-order valence-electron chi connectivity index (χ4n) is 2.43. The van der Waals surface area contributed by atoms with Crippen molar-refractivity contribution in [1.82, 2.24) is 9.62 Å². The van der Waals surface area contributed by atoms with Crippen molar-refractivity contribution in [2.75, 3.05) is 13.6 Å². The summed E-state index contributed by atoms with van der Waals surface area (Å²) in [6.07, 6.45) is 1.08. The maximum Gasteiger partial charge on any atom is 0.242 e. The molecule has 0 aliphatic carbocycles. The van der Waals surface area contributed by atoms with E-state index in [1.165, 1.54) is 30.1 Å². The van der Waals surface area contributed by atoms with E-state index in [1.54, 1.807) is 0 Å². The first-order valence-corrected chi connectivity index (χ1v) is 8.87. The highest BCUT2D eigenvalue weighted by Gasteiger charge is 2.43. The molecule has 1 saturated heterocycles. The van der Waals surface area contributed by atoms with Crippen molar-refractivity contribution in [3.8, 4) is 0 Å². The van der Waals surface area contributed by atoms with Gasteiger partial charge in [0.2, 0.25) is 15.9 Å². The quantitative estimate of drug-likeness (QED) is 0.844. The smallest absolute Gasteiger partial charge is 0.242 e. The normalized spacial score (nSPS) is 22.4. The number of nitrogens with zero attached hydrogens (tertiary/aromatic N) is 1. The summed E-state index contributed by atoms with van der Waals surface area (Å²) in [4.78, 5) is 12.8. The molecule has 8 heteroatoms. The van der Waals surface area contributed by atoms with Crippen LogP contribution in [0.15, 0.2) is 23.1 Å². The van der Waals surface area contributed by atoms with E-state index in [9.17, 15) is 18.3 Å². The Morgan fingerprint density at radius 3 is 2.68 bits per heavy atom. The molecule has 122 valence electrons. The Balaban J connectivity index is 2.46. The Kier molecular flexibility index (Phi) is 4.81. The van der Waals surface area contributed by atoms with Crippen LogP contribution in [0, 0.1) is 0 Å². The van der Waals surface area contributed by atoms with E-state index in [-0.39, 0.29) is 28.7 Å². The zero-order valence-electron chi connectivity index (χ0n) is 12.5. The summed E-state index contributed by atoms with van der Waals surface area (Å²) < 4.78 is 27.0. The molecule has 2 rings (SSSR count). The van der Waals surface area contributed by atoms with Crippen molar-refractivity contribution in [3.05, 3.63) is 28.8 Å². The third-order valence-corrected chi connectivity index (χ3v) is 5.78. The molecular formula is C14H19ClN2O4S. The van der Waals surface area contributed by atoms with Crippen molar-refractivity contribution < 1.29 is 18.3 Å². The first-order valence-electron chi connectivity index (χ1n) is 7.01. The van der Waals surface area contributed by atoms with Gasteiger partial charge in [0.25, 0.3) is 0 Å². The molecule has 0 aromatic heterocycles. The van der Waals surface area contributed by atoms with Crippen LogP contribution in [0.5, 0.6) is 0 Å². The number of nitrogens with one attached hydrogen (secondary N) is 1. The highest BCUT2D eigenvalue weighted by atomic mass is 35.5. The van der Waals surface area contributed by atoms with Gasteiger partial charge in [-0.2, -0.15) is 0 Å². The molecule has 0 bridgehead atoms. The van der Waals surface area contributed by atoms with E-state index in [0.29, 0.717) is 18.5 Å². The standard InChI is InChI=1S/C14H19ClN2O4S/c1-3-8-16-22(20,21)12-9-10(4-5-11(12)15)14(19)7-6-13(18)17(14)2/h4-5,9,16,19H,3,6-8H2,1-2H3. The Labute approximate surface area is 135 Å². The van der Waals surface area contributed by atoms with Gasteiger partial charge in [-0.25, -0.2) is 13.1 Å². The van der Waals surface area contributed by atoms with Gasteiger partial charge in [-0.15, -0.1) is 0 Å². The second-order valence-corrected chi connectivity index (χ2v) is 7.45. The molecule has 6 nitrogen and oxygen atoms in total. The van der Waals surface area contributed by atoms with Crippen LogP contribution in [0.4, 0.5) is 0 Å². The van der Waals surface area contributed by atoms with Crippen LogP contribution in [0.2, 0.25) is 5.02 Å². The zero-order chi connectivity index (χ0) is 16.5. The van der Waals surface area contributed by atoms with Crippen LogP contribution in [0.25, 0.3) is 0 Å². The molecule has 1 heterocycles. The zero-order valence-corrected chi connectivity index (χ0v) is 14.0. The number of rotatable bonds is 5. The van der Waals surface area contributed by atoms with E-state index in [2.05, 4.69) is 4.72 Å². The lowest BCUT2D eigenvalue weighted by atomic mass is 10.0. The van der Waals surface area contributed by atoms with Crippen molar-refractivity contribution in [2.45, 2.75) is 36.8 Å². The predicted octanol–water partition coefficient (Wildman–Crippen LogP) is 1.43. The second kappa shape index (κ2) is 6.16. The third kappa shape index (κ3) is 2.99. The van der Waals surface area contributed by atoms with Gasteiger partial charge < -0.3 is 10.0 Å². The summed E-state index contributed by atoms with van der Waals surface area (Å²) in [7, 11) is -2.27. The van der Waals surface area contributed by atoms with Gasteiger partial charge in [0, 0.05) is 32.0 Å². The number of sulfonamides is 1. The molecule has 0 saturated carbocycles. The minimum atomic E-state index is -3.76. The lowest BCUT2D eigenvalue weighted by Crippen LogP contribution is -2.40. The highest BCUT2D eigenvalue weighted by molar-refractivity contribution is 7.89. The third-order valence-electron chi connectivity index (χ3n) is 3.84. The van der Waals surface area contributed by atoms with Crippen LogP contribution < -0.4 is 4.72 Å².